The van der Waals surface area contributed by atoms with Crippen molar-refractivity contribution in [2.24, 2.45) is 0 Å². The van der Waals surface area contributed by atoms with Crippen molar-refractivity contribution in [2.75, 3.05) is 19.5 Å². The van der Waals surface area contributed by atoms with Crippen molar-refractivity contribution >= 4 is 29.2 Å². The highest BCUT2D eigenvalue weighted by atomic mass is 32.2. The van der Waals surface area contributed by atoms with Gasteiger partial charge in [-0.2, -0.15) is 4.98 Å². The molecule has 0 spiro atoms. The Morgan fingerprint density at radius 1 is 1.14 bits per heavy atom. The number of thioether (sulfide) groups is 1. The molecule has 0 radical (unpaired) electrons. The maximum atomic E-state index is 13.0. The van der Waals surface area contributed by atoms with Gasteiger partial charge in [0.05, 0.1) is 19.1 Å². The van der Waals surface area contributed by atoms with Crippen LogP contribution >= 0.6 is 11.8 Å². The van der Waals surface area contributed by atoms with Crippen LogP contribution in [0.2, 0.25) is 0 Å². The van der Waals surface area contributed by atoms with Gasteiger partial charge in [-0.15, -0.1) is 5.10 Å². The van der Waals surface area contributed by atoms with Gasteiger partial charge in [-0.25, -0.2) is 4.68 Å². The number of carbonyl (C=O) groups is 1. The molecule has 0 fully saturated rings. The molecule has 0 saturated carbocycles. The van der Waals surface area contributed by atoms with E-state index in [-0.39, 0.29) is 11.5 Å². The average Bonchev–Trinajstić information content (AvgIpc) is 3.28. The molecular formula is C24H23N5O5S. The monoisotopic (exact) mass is 493 g/mol. The van der Waals surface area contributed by atoms with E-state index < -0.39 is 11.0 Å². The van der Waals surface area contributed by atoms with Crippen LogP contribution in [0.4, 0.5) is 11.6 Å². The number of benzene rings is 2. The Labute approximate surface area is 205 Å². The highest BCUT2D eigenvalue weighted by molar-refractivity contribution is 7.98. The van der Waals surface area contributed by atoms with E-state index in [0.717, 1.165) is 29.7 Å². The number of hydrogen-bond acceptors (Lipinski definition) is 9. The zero-order chi connectivity index (χ0) is 24.5. The number of allylic oxidation sites excluding steroid dienone is 2. The van der Waals surface area contributed by atoms with E-state index in [1.54, 1.807) is 31.0 Å². The van der Waals surface area contributed by atoms with E-state index in [9.17, 15) is 14.9 Å². The lowest BCUT2D eigenvalue weighted by Gasteiger charge is -2.32. The third-order valence-electron chi connectivity index (χ3n) is 6.09. The van der Waals surface area contributed by atoms with E-state index in [1.807, 2.05) is 18.2 Å². The molecule has 0 bridgehead atoms. The Balaban J connectivity index is 1.48. The lowest BCUT2D eigenvalue weighted by Crippen LogP contribution is -2.31. The summed E-state index contributed by atoms with van der Waals surface area (Å²) < 4.78 is 12.6. The molecule has 0 amide bonds. The fourth-order valence-corrected chi connectivity index (χ4v) is 5.18. The Hall–Kier alpha value is -3.86. The van der Waals surface area contributed by atoms with Crippen molar-refractivity contribution < 1.29 is 19.2 Å². The predicted molar refractivity (Wildman–Crippen MR) is 130 cm³/mol. The number of ketones is 1. The number of nitrogens with zero attached hydrogens (tertiary/aromatic N) is 4. The molecular weight excluding hydrogens is 470 g/mol. The highest BCUT2D eigenvalue weighted by Crippen LogP contribution is 2.42. The summed E-state index contributed by atoms with van der Waals surface area (Å²) in [5.74, 6) is 2.40. The molecule has 3 aromatic rings. The number of Topliss-reactive ketones (excluding diaryl/α,β-unsaturated/α-hetero) is 1. The standard InChI is InChI=1S/C24H23N5O5S/c1-33-19-11-8-15(12-20(19)34-2)22-21-17(4-3-5-18(21)30)25-23-26-24(27-28(22)23)35-13-14-6-9-16(10-7-14)29(31)32/h6-12,22H,3-5,13H2,1-2H3,(H,25,26,27)/t22-/m0/s1. The first-order valence-corrected chi connectivity index (χ1v) is 12.0. The number of nitrogens with one attached hydrogen (secondary N) is 1. The molecule has 1 atom stereocenters. The zero-order valence-corrected chi connectivity index (χ0v) is 20.0. The summed E-state index contributed by atoms with van der Waals surface area (Å²) in [4.78, 5) is 28.2. The summed E-state index contributed by atoms with van der Waals surface area (Å²) in [5.41, 5.74) is 3.41. The molecule has 10 nitrogen and oxygen atoms in total. The molecule has 1 aliphatic heterocycles. The second kappa shape index (κ2) is 9.41. The van der Waals surface area contributed by atoms with Crippen LogP contribution in [0.1, 0.15) is 36.4 Å². The Bertz CT molecular complexity index is 1330. The van der Waals surface area contributed by atoms with Crippen molar-refractivity contribution in [2.45, 2.75) is 36.2 Å². The van der Waals surface area contributed by atoms with Gasteiger partial charge in [-0.05, 0) is 36.1 Å². The fraction of sp³-hybridized carbons (Fsp3) is 0.292. The van der Waals surface area contributed by atoms with Crippen molar-refractivity contribution in [3.05, 3.63) is 75.0 Å². The van der Waals surface area contributed by atoms with Crippen LogP contribution in [0.3, 0.4) is 0 Å². The minimum Gasteiger partial charge on any atom is -0.493 e. The van der Waals surface area contributed by atoms with Gasteiger partial charge in [-0.3, -0.25) is 14.9 Å². The minimum absolute atomic E-state index is 0.0533. The second-order valence-electron chi connectivity index (χ2n) is 8.19. The molecule has 1 aliphatic carbocycles. The van der Waals surface area contributed by atoms with Crippen molar-refractivity contribution in [1.29, 1.82) is 0 Å². The molecule has 1 N–H and O–H groups in total. The van der Waals surface area contributed by atoms with Crippen molar-refractivity contribution in [3.63, 3.8) is 0 Å². The molecule has 2 aromatic carbocycles. The quantitative estimate of drug-likeness (QED) is 0.288. The van der Waals surface area contributed by atoms with Crippen molar-refractivity contribution in [3.8, 4) is 11.5 Å². The summed E-state index contributed by atoms with van der Waals surface area (Å²) in [6, 6.07) is 11.6. The maximum absolute atomic E-state index is 13.0. The SMILES string of the molecule is COc1ccc([C@H]2C3=C(CCCC3=O)Nc3nc(SCc4ccc([N+](=O)[O-])cc4)nn32)cc1OC. The van der Waals surface area contributed by atoms with Crippen LogP contribution < -0.4 is 14.8 Å². The van der Waals surface area contributed by atoms with Crippen LogP contribution in [0.25, 0.3) is 0 Å². The van der Waals surface area contributed by atoms with Gasteiger partial charge < -0.3 is 14.8 Å². The van der Waals surface area contributed by atoms with E-state index in [2.05, 4.69) is 10.3 Å². The number of carbonyl (C=O) groups excluding carboxylic acids is 1. The van der Waals surface area contributed by atoms with Crippen molar-refractivity contribution in [1.82, 2.24) is 14.8 Å². The number of non-ortho nitro benzene ring substituents is 1. The number of aromatic nitrogens is 3. The summed E-state index contributed by atoms with van der Waals surface area (Å²) in [6.45, 7) is 0. The number of methoxy groups -OCH3 is 2. The third-order valence-corrected chi connectivity index (χ3v) is 7.00. The summed E-state index contributed by atoms with van der Waals surface area (Å²) >= 11 is 1.43. The van der Waals surface area contributed by atoms with E-state index >= 15 is 0 Å². The number of nitro benzene ring substituents is 1. The number of hydrogen-bond donors (Lipinski definition) is 1. The summed E-state index contributed by atoms with van der Waals surface area (Å²) in [5, 5.41) is 19.5. The van der Waals surface area contributed by atoms with E-state index in [4.69, 9.17) is 14.6 Å². The number of ether oxygens (including phenoxy) is 2. The van der Waals surface area contributed by atoms with Gasteiger partial charge >= 0.3 is 0 Å². The lowest BCUT2D eigenvalue weighted by atomic mass is 9.85. The van der Waals surface area contributed by atoms with Crippen LogP contribution in [0, 0.1) is 10.1 Å². The largest absolute Gasteiger partial charge is 0.493 e. The van der Waals surface area contributed by atoms with Gasteiger partial charge in [-0.1, -0.05) is 30.0 Å². The molecule has 2 aliphatic rings. The Morgan fingerprint density at radius 2 is 1.91 bits per heavy atom. The highest BCUT2D eigenvalue weighted by Gasteiger charge is 2.37. The summed E-state index contributed by atoms with van der Waals surface area (Å²) in [7, 11) is 3.16. The third kappa shape index (κ3) is 4.34. The van der Waals surface area contributed by atoms with E-state index in [1.165, 1.54) is 23.9 Å². The Morgan fingerprint density at radius 3 is 2.63 bits per heavy atom. The first kappa shape index (κ1) is 22.9. The van der Waals surface area contributed by atoms with Crippen LogP contribution in [0.5, 0.6) is 11.5 Å². The predicted octanol–water partition coefficient (Wildman–Crippen LogP) is 4.52. The smallest absolute Gasteiger partial charge is 0.269 e. The van der Waals surface area contributed by atoms with E-state index in [0.29, 0.717) is 40.4 Å². The molecule has 5 rings (SSSR count). The normalized spacial score (nSPS) is 16.9. The minimum atomic E-state index is -0.435. The van der Waals surface area contributed by atoms with Gasteiger partial charge in [0.25, 0.3) is 5.69 Å². The second-order valence-corrected chi connectivity index (χ2v) is 9.13. The van der Waals surface area contributed by atoms with Crippen LogP contribution in [0.15, 0.2) is 58.9 Å². The molecule has 1 aromatic heterocycles. The molecule has 2 heterocycles. The topological polar surface area (TPSA) is 121 Å². The van der Waals surface area contributed by atoms with Gasteiger partial charge in [0.15, 0.2) is 17.3 Å². The maximum Gasteiger partial charge on any atom is 0.269 e. The molecule has 0 unspecified atom stereocenters. The van der Waals surface area contributed by atoms with Gasteiger partial charge in [0.2, 0.25) is 11.1 Å². The number of nitro groups is 1. The summed E-state index contributed by atoms with van der Waals surface area (Å²) in [6.07, 6.45) is 2.05. The first-order chi connectivity index (χ1) is 17.0. The molecule has 35 heavy (non-hydrogen) atoms. The fourth-order valence-electron chi connectivity index (χ4n) is 4.39. The molecule has 0 saturated heterocycles. The Kier molecular flexibility index (Phi) is 6.16. The average molecular weight is 494 g/mol. The van der Waals surface area contributed by atoms with Crippen LogP contribution in [-0.2, 0) is 10.5 Å². The van der Waals surface area contributed by atoms with Gasteiger partial charge in [0, 0.05) is 35.6 Å². The first-order valence-electron chi connectivity index (χ1n) is 11.1. The number of fused-ring (bicyclic) bond motifs is 1. The zero-order valence-electron chi connectivity index (χ0n) is 19.2. The molecule has 11 heteroatoms. The number of anilines is 1. The van der Waals surface area contributed by atoms with Crippen LogP contribution in [-0.4, -0.2) is 39.7 Å². The lowest BCUT2D eigenvalue weighted by molar-refractivity contribution is -0.384. The number of rotatable bonds is 7. The molecule has 180 valence electrons. The van der Waals surface area contributed by atoms with Gasteiger partial charge in [0.1, 0.15) is 6.04 Å².